The number of pyridine rings is 1. The molecule has 0 saturated heterocycles. The lowest BCUT2D eigenvalue weighted by atomic mass is 10.1. The molecule has 0 saturated carbocycles. The number of halogens is 2. The Morgan fingerprint density at radius 3 is 2.58 bits per heavy atom. The molecular formula is C25H23FIN3O5S. The number of fused-ring (bicyclic) bond motifs is 1. The number of hydrogen-bond acceptors (Lipinski definition) is 6. The van der Waals surface area contributed by atoms with Crippen LogP contribution in [0.2, 0.25) is 0 Å². The van der Waals surface area contributed by atoms with Crippen molar-refractivity contribution < 1.29 is 26.8 Å². The fraction of sp³-hybridized carbons (Fsp3) is 0.200. The van der Waals surface area contributed by atoms with Gasteiger partial charge in [-0.3, -0.25) is 9.10 Å². The lowest BCUT2D eigenvalue weighted by Gasteiger charge is -2.18. The van der Waals surface area contributed by atoms with Crippen LogP contribution >= 0.6 is 22.6 Å². The molecule has 0 atom stereocenters. The van der Waals surface area contributed by atoms with Crippen molar-refractivity contribution in [3.8, 4) is 17.1 Å². The van der Waals surface area contributed by atoms with E-state index in [9.17, 15) is 17.6 Å². The van der Waals surface area contributed by atoms with Gasteiger partial charge in [-0.25, -0.2) is 12.8 Å². The number of amides is 1. The summed E-state index contributed by atoms with van der Waals surface area (Å²) in [5, 5.41) is 3.02. The van der Waals surface area contributed by atoms with Crippen LogP contribution in [0.5, 0.6) is 5.75 Å². The summed E-state index contributed by atoms with van der Waals surface area (Å²) < 4.78 is 50.9. The van der Waals surface area contributed by atoms with Crippen LogP contribution in [0, 0.1) is 9.39 Å². The summed E-state index contributed by atoms with van der Waals surface area (Å²) in [5.74, 6) is 0.354. The Bertz CT molecular complexity index is 1480. The molecule has 0 radical (unpaired) electrons. The van der Waals surface area contributed by atoms with Gasteiger partial charge in [0.25, 0.3) is 5.91 Å². The average Bonchev–Trinajstić information content (AvgIpc) is 3.24. The molecule has 0 spiro atoms. The first-order chi connectivity index (χ1) is 17.3. The number of furan rings is 1. The first-order valence-electron chi connectivity index (χ1n) is 11.0. The third-order valence-electron chi connectivity index (χ3n) is 5.63. The maximum absolute atomic E-state index is 13.5. The van der Waals surface area contributed by atoms with Gasteiger partial charge in [-0.15, -0.1) is 0 Å². The Morgan fingerprint density at radius 1 is 1.19 bits per heavy atom. The molecule has 2 aromatic heterocycles. The van der Waals surface area contributed by atoms with E-state index in [0.717, 1.165) is 11.3 Å². The highest BCUT2D eigenvalue weighted by Crippen LogP contribution is 2.36. The summed E-state index contributed by atoms with van der Waals surface area (Å²) in [4.78, 5) is 17.2. The van der Waals surface area contributed by atoms with E-state index in [4.69, 9.17) is 9.15 Å². The Kier molecular flexibility index (Phi) is 8.09. The molecule has 0 unspecified atom stereocenters. The number of thiol groups is 1. The van der Waals surface area contributed by atoms with E-state index in [0.29, 0.717) is 27.4 Å². The van der Waals surface area contributed by atoms with Crippen LogP contribution < -0.4 is 14.4 Å². The van der Waals surface area contributed by atoms with Crippen LogP contribution in [0.25, 0.3) is 22.4 Å². The number of hydrogen-bond donors (Lipinski definition) is 2. The predicted molar refractivity (Wildman–Crippen MR) is 144 cm³/mol. The van der Waals surface area contributed by atoms with E-state index in [1.54, 1.807) is 13.2 Å². The molecule has 0 fully saturated rings. The van der Waals surface area contributed by atoms with Crippen molar-refractivity contribution in [1.29, 1.82) is 0 Å². The highest BCUT2D eigenvalue weighted by Gasteiger charge is 2.25. The van der Waals surface area contributed by atoms with Crippen molar-refractivity contribution in [1.82, 2.24) is 10.3 Å². The molecule has 0 bridgehead atoms. The molecule has 188 valence electrons. The SMILES string of the molecule is CNC(=O)c1c(-c2ccc(F)cc2)oc2nc(N(CCCc3ccccc3OC)[SH](=O)=O)c(I)cc12. The molecular weight excluding hydrogens is 600 g/mol. The minimum absolute atomic E-state index is 0.106. The van der Waals surface area contributed by atoms with Gasteiger partial charge in [0.2, 0.25) is 16.6 Å². The molecule has 0 aliphatic carbocycles. The summed E-state index contributed by atoms with van der Waals surface area (Å²) in [6.07, 6.45) is 1.14. The van der Waals surface area contributed by atoms with Crippen molar-refractivity contribution in [2.24, 2.45) is 0 Å². The number of aryl methyl sites for hydroxylation is 1. The van der Waals surface area contributed by atoms with Crippen LogP contribution in [-0.4, -0.2) is 40.0 Å². The van der Waals surface area contributed by atoms with Gasteiger partial charge in [-0.1, -0.05) is 18.2 Å². The standard InChI is InChI=1S/C25H23FIN3O5S/c1-28-24(31)21-18-14-19(27)23(29-25(18)35-22(21)16-9-11-17(26)12-10-16)30(36(32)33)13-5-7-15-6-3-4-8-20(15)34-2/h3-4,6,8-12,14,36H,5,7,13H2,1-2H3,(H,28,31). The topological polar surface area (TPSA) is 102 Å². The minimum Gasteiger partial charge on any atom is -0.496 e. The monoisotopic (exact) mass is 623 g/mol. The summed E-state index contributed by atoms with van der Waals surface area (Å²) in [6.45, 7) is 0.194. The van der Waals surface area contributed by atoms with E-state index in [1.165, 1.54) is 35.6 Å². The molecule has 0 aliphatic heterocycles. The Labute approximate surface area is 222 Å². The number of para-hydroxylation sites is 1. The number of rotatable bonds is 9. The van der Waals surface area contributed by atoms with Crippen LogP contribution in [0.1, 0.15) is 22.3 Å². The summed E-state index contributed by atoms with van der Waals surface area (Å²) in [5.41, 5.74) is 1.82. The quantitative estimate of drug-likeness (QED) is 0.209. The Balaban J connectivity index is 1.71. The van der Waals surface area contributed by atoms with Gasteiger partial charge in [0, 0.05) is 19.2 Å². The molecule has 0 aliphatic rings. The number of benzene rings is 2. The van der Waals surface area contributed by atoms with E-state index in [1.807, 2.05) is 46.9 Å². The van der Waals surface area contributed by atoms with Gasteiger partial charge < -0.3 is 14.5 Å². The van der Waals surface area contributed by atoms with Gasteiger partial charge in [0.1, 0.15) is 17.3 Å². The fourth-order valence-corrected chi connectivity index (χ4v) is 5.45. The minimum atomic E-state index is -3.00. The first kappa shape index (κ1) is 25.9. The number of nitrogens with zero attached hydrogens (tertiary/aromatic N) is 2. The van der Waals surface area contributed by atoms with E-state index in [-0.39, 0.29) is 29.4 Å². The van der Waals surface area contributed by atoms with Crippen molar-refractivity contribution in [3.63, 3.8) is 0 Å². The predicted octanol–water partition coefficient (Wildman–Crippen LogP) is 4.57. The van der Waals surface area contributed by atoms with E-state index >= 15 is 0 Å². The second-order valence-electron chi connectivity index (χ2n) is 7.82. The highest BCUT2D eigenvalue weighted by molar-refractivity contribution is 14.1. The van der Waals surface area contributed by atoms with E-state index < -0.39 is 22.6 Å². The highest BCUT2D eigenvalue weighted by atomic mass is 127. The van der Waals surface area contributed by atoms with Gasteiger partial charge in [0.05, 0.1) is 21.6 Å². The second kappa shape index (κ2) is 11.2. The zero-order valence-electron chi connectivity index (χ0n) is 19.5. The first-order valence-corrected chi connectivity index (χ1v) is 13.2. The average molecular weight is 623 g/mol. The van der Waals surface area contributed by atoms with Gasteiger partial charge in [-0.05, 0) is 77.4 Å². The Morgan fingerprint density at radius 2 is 1.92 bits per heavy atom. The summed E-state index contributed by atoms with van der Waals surface area (Å²) in [6, 6.07) is 14.8. The summed E-state index contributed by atoms with van der Waals surface area (Å²) >= 11 is 2.00. The normalized spacial score (nSPS) is 11.1. The molecule has 1 amide bonds. The number of ether oxygens (including phenoxy) is 1. The largest absolute Gasteiger partial charge is 0.496 e. The van der Waals surface area contributed by atoms with Crippen molar-refractivity contribution in [2.75, 3.05) is 25.0 Å². The number of anilines is 1. The number of nitrogens with one attached hydrogen (secondary N) is 1. The van der Waals surface area contributed by atoms with Gasteiger partial charge in [0.15, 0.2) is 5.82 Å². The van der Waals surface area contributed by atoms with Crippen molar-refractivity contribution in [2.45, 2.75) is 12.8 Å². The number of aromatic nitrogens is 1. The van der Waals surface area contributed by atoms with Gasteiger partial charge >= 0.3 is 0 Å². The third-order valence-corrected chi connectivity index (χ3v) is 7.21. The zero-order chi connectivity index (χ0) is 25.8. The van der Waals surface area contributed by atoms with Gasteiger partial charge in [-0.2, -0.15) is 4.98 Å². The summed E-state index contributed by atoms with van der Waals surface area (Å²) in [7, 11) is 0.0937. The lowest BCUT2D eigenvalue weighted by molar-refractivity contribution is 0.0964. The second-order valence-corrected chi connectivity index (χ2v) is 9.94. The molecule has 1 N–H and O–H groups in total. The van der Waals surface area contributed by atoms with E-state index in [2.05, 4.69) is 10.3 Å². The molecule has 2 heterocycles. The third kappa shape index (κ3) is 5.31. The number of carbonyl (C=O) groups is 1. The smallest absolute Gasteiger partial charge is 0.255 e. The molecule has 4 rings (SSSR count). The zero-order valence-corrected chi connectivity index (χ0v) is 22.5. The van der Waals surface area contributed by atoms with Crippen LogP contribution in [-0.2, 0) is 17.3 Å². The number of carbonyl (C=O) groups excluding carboxylic acids is 1. The Hall–Kier alpha value is -3.19. The molecule has 4 aromatic rings. The van der Waals surface area contributed by atoms with Crippen molar-refractivity contribution in [3.05, 3.63) is 75.1 Å². The maximum Gasteiger partial charge on any atom is 0.255 e. The fourth-order valence-electron chi connectivity index (χ4n) is 3.92. The number of methoxy groups -OCH3 is 1. The molecule has 11 heteroatoms. The maximum atomic E-state index is 13.5. The van der Waals surface area contributed by atoms with Crippen LogP contribution in [0.3, 0.4) is 0 Å². The van der Waals surface area contributed by atoms with Crippen LogP contribution in [0.4, 0.5) is 10.2 Å². The molecule has 36 heavy (non-hydrogen) atoms. The van der Waals surface area contributed by atoms with Crippen LogP contribution in [0.15, 0.2) is 59.0 Å². The molecule has 8 nitrogen and oxygen atoms in total. The lowest BCUT2D eigenvalue weighted by Crippen LogP contribution is -2.25. The van der Waals surface area contributed by atoms with Crippen molar-refractivity contribution >= 4 is 56.3 Å². The molecule has 2 aromatic carbocycles.